The molecule has 3 aromatic rings. The van der Waals surface area contributed by atoms with Crippen molar-refractivity contribution < 1.29 is 18.0 Å². The van der Waals surface area contributed by atoms with Gasteiger partial charge in [0.15, 0.2) is 0 Å². The van der Waals surface area contributed by atoms with Gasteiger partial charge in [-0.05, 0) is 40.8 Å². The smallest absolute Gasteiger partial charge is 0.342 e. The molecule has 6 heteroatoms. The monoisotopic (exact) mass is 440 g/mol. The molecule has 1 amide bonds. The molecular weight excluding hydrogens is 413 g/mol. The Morgan fingerprint density at radius 2 is 1.78 bits per heavy atom. The number of fused-ring (bicyclic) bond motifs is 1. The molecule has 3 aromatic carbocycles. The molecule has 0 aromatic heterocycles. The maximum atomic E-state index is 13.2. The Morgan fingerprint density at radius 1 is 1.06 bits per heavy atom. The average molecular weight is 441 g/mol. The summed E-state index contributed by atoms with van der Waals surface area (Å²) in [5, 5.41) is 5.93. The maximum absolute atomic E-state index is 13.2. The van der Waals surface area contributed by atoms with Crippen LogP contribution >= 0.6 is 0 Å². The summed E-state index contributed by atoms with van der Waals surface area (Å²) in [6.45, 7) is 5.18. The summed E-state index contributed by atoms with van der Waals surface area (Å²) < 4.78 is 39.7. The molecule has 0 aliphatic carbocycles. The summed E-state index contributed by atoms with van der Waals surface area (Å²) >= 11 is 0. The zero-order chi connectivity index (χ0) is 22.9. The van der Waals surface area contributed by atoms with E-state index >= 15 is 0 Å². The predicted octanol–water partition coefficient (Wildman–Crippen LogP) is 5.77. The molecule has 32 heavy (non-hydrogen) atoms. The molecule has 0 bridgehead atoms. The van der Waals surface area contributed by atoms with Crippen molar-refractivity contribution in [2.24, 2.45) is 5.92 Å². The minimum Gasteiger partial charge on any atom is -0.342 e. The van der Waals surface area contributed by atoms with E-state index in [2.05, 4.69) is 36.5 Å². The first-order valence-corrected chi connectivity index (χ1v) is 10.9. The van der Waals surface area contributed by atoms with Crippen LogP contribution in [0.3, 0.4) is 0 Å². The van der Waals surface area contributed by atoms with Gasteiger partial charge in [0.2, 0.25) is 5.91 Å². The van der Waals surface area contributed by atoms with Crippen molar-refractivity contribution in [2.45, 2.75) is 32.0 Å². The van der Waals surface area contributed by atoms with E-state index in [1.165, 1.54) is 35.4 Å². The van der Waals surface area contributed by atoms with Crippen LogP contribution in [0.2, 0.25) is 0 Å². The van der Waals surface area contributed by atoms with Gasteiger partial charge in [0.05, 0.1) is 5.56 Å². The molecule has 0 spiro atoms. The summed E-state index contributed by atoms with van der Waals surface area (Å²) in [7, 11) is 0. The second kappa shape index (κ2) is 8.94. The number of benzene rings is 3. The lowest BCUT2D eigenvalue weighted by atomic mass is 9.87. The third-order valence-electron chi connectivity index (χ3n) is 6.50. The number of amides is 1. The van der Waals surface area contributed by atoms with Crippen molar-refractivity contribution in [3.63, 3.8) is 0 Å². The summed E-state index contributed by atoms with van der Waals surface area (Å²) in [4.78, 5) is 13.8. The molecule has 4 rings (SSSR count). The lowest BCUT2D eigenvalue weighted by Gasteiger charge is -2.23. The highest BCUT2D eigenvalue weighted by atomic mass is 19.4. The van der Waals surface area contributed by atoms with Crippen LogP contribution in [0.15, 0.2) is 66.7 Å². The summed E-state index contributed by atoms with van der Waals surface area (Å²) in [6, 6.07) is 20.0. The van der Waals surface area contributed by atoms with Crippen LogP contribution in [-0.4, -0.2) is 30.4 Å². The highest BCUT2D eigenvalue weighted by Gasteiger charge is 2.37. The zero-order valence-electron chi connectivity index (χ0n) is 18.2. The van der Waals surface area contributed by atoms with Crippen LogP contribution in [0.5, 0.6) is 0 Å². The van der Waals surface area contributed by atoms with E-state index in [0.29, 0.717) is 25.2 Å². The minimum absolute atomic E-state index is 0.0276. The van der Waals surface area contributed by atoms with Crippen LogP contribution in [0.25, 0.3) is 10.8 Å². The number of nitrogens with zero attached hydrogens (tertiary/aromatic N) is 1. The van der Waals surface area contributed by atoms with E-state index in [1.54, 1.807) is 11.0 Å². The number of carbonyl (C=O) groups is 1. The van der Waals surface area contributed by atoms with E-state index in [0.717, 1.165) is 6.07 Å². The Labute approximate surface area is 186 Å². The predicted molar refractivity (Wildman–Crippen MR) is 120 cm³/mol. The highest BCUT2D eigenvalue weighted by Crippen LogP contribution is 2.36. The van der Waals surface area contributed by atoms with Crippen molar-refractivity contribution in [1.82, 2.24) is 10.2 Å². The fraction of sp³-hybridized carbons (Fsp3) is 0.346. The average Bonchev–Trinajstić information content (AvgIpc) is 3.21. The molecule has 0 radical (unpaired) electrons. The van der Waals surface area contributed by atoms with E-state index < -0.39 is 11.7 Å². The normalized spacial score (nSPS) is 20.0. The fourth-order valence-corrected chi connectivity index (χ4v) is 4.72. The molecule has 1 heterocycles. The molecule has 1 aliphatic rings. The summed E-state index contributed by atoms with van der Waals surface area (Å²) in [6.07, 6.45) is -4.38. The van der Waals surface area contributed by atoms with Crippen LogP contribution in [-0.2, 0) is 11.0 Å². The Balaban J connectivity index is 1.55. The molecule has 0 saturated carbocycles. The number of hydrogen-bond donors (Lipinski definition) is 1. The Hall–Kier alpha value is -2.86. The van der Waals surface area contributed by atoms with Gasteiger partial charge in [-0.25, -0.2) is 0 Å². The number of hydrogen-bond acceptors (Lipinski definition) is 2. The van der Waals surface area contributed by atoms with E-state index in [9.17, 15) is 18.0 Å². The fourth-order valence-electron chi connectivity index (χ4n) is 4.72. The Kier molecular flexibility index (Phi) is 6.24. The molecule has 1 aliphatic heterocycles. The zero-order valence-corrected chi connectivity index (χ0v) is 18.2. The summed E-state index contributed by atoms with van der Waals surface area (Å²) in [5.74, 6) is -0.167. The maximum Gasteiger partial charge on any atom is 0.416 e. The summed E-state index contributed by atoms with van der Waals surface area (Å²) in [5.41, 5.74) is 1.17. The van der Waals surface area contributed by atoms with Gasteiger partial charge >= 0.3 is 6.18 Å². The highest BCUT2D eigenvalue weighted by molar-refractivity contribution is 5.86. The molecule has 3 unspecified atom stereocenters. The van der Waals surface area contributed by atoms with Gasteiger partial charge in [0.1, 0.15) is 0 Å². The van der Waals surface area contributed by atoms with Gasteiger partial charge in [-0.15, -0.1) is 0 Å². The molecular formula is C26H27F3N2O. The molecule has 3 nitrogen and oxygen atoms in total. The van der Waals surface area contributed by atoms with Crippen molar-refractivity contribution in [3.8, 4) is 0 Å². The van der Waals surface area contributed by atoms with Gasteiger partial charge in [0, 0.05) is 38.5 Å². The standard InChI is InChI=1S/C26H27F3N2O/c1-17(23-12-6-8-19-7-3-4-11-24(19)23)30-14-21-15-31(18(2)32)16-25(21)20-9-5-10-22(13-20)26(27,28)29/h3-13,17,21,25,30H,14-16H2,1-2H3. The number of likely N-dealkylation sites (tertiary alicyclic amines) is 1. The van der Waals surface area contributed by atoms with Gasteiger partial charge in [0.25, 0.3) is 0 Å². The lowest BCUT2D eigenvalue weighted by Crippen LogP contribution is -2.31. The van der Waals surface area contributed by atoms with Gasteiger partial charge in [-0.2, -0.15) is 13.2 Å². The van der Waals surface area contributed by atoms with Crippen molar-refractivity contribution in [3.05, 3.63) is 83.4 Å². The van der Waals surface area contributed by atoms with E-state index in [-0.39, 0.29) is 23.8 Å². The largest absolute Gasteiger partial charge is 0.416 e. The molecule has 1 N–H and O–H groups in total. The Bertz CT molecular complexity index is 1110. The number of rotatable bonds is 5. The van der Waals surface area contributed by atoms with Crippen molar-refractivity contribution in [2.75, 3.05) is 19.6 Å². The number of nitrogens with one attached hydrogen (secondary N) is 1. The minimum atomic E-state index is -4.38. The van der Waals surface area contributed by atoms with Crippen molar-refractivity contribution >= 4 is 16.7 Å². The second-order valence-electron chi connectivity index (χ2n) is 8.61. The first-order valence-electron chi connectivity index (χ1n) is 10.9. The van der Waals surface area contributed by atoms with Gasteiger partial charge in [-0.1, -0.05) is 60.7 Å². The number of carbonyl (C=O) groups excluding carboxylic acids is 1. The van der Waals surface area contributed by atoms with E-state index in [4.69, 9.17) is 0 Å². The van der Waals surface area contributed by atoms with Crippen molar-refractivity contribution in [1.29, 1.82) is 0 Å². The first kappa shape index (κ1) is 22.3. The van der Waals surface area contributed by atoms with Crippen LogP contribution in [0.4, 0.5) is 13.2 Å². The molecule has 1 fully saturated rings. The van der Waals surface area contributed by atoms with Crippen LogP contribution < -0.4 is 5.32 Å². The quantitative estimate of drug-likeness (QED) is 0.546. The SMILES string of the molecule is CC(=O)N1CC(CNC(C)c2cccc3ccccc23)C(c2cccc(C(F)(F)F)c2)C1. The van der Waals surface area contributed by atoms with Crippen LogP contribution in [0, 0.1) is 5.92 Å². The third kappa shape index (κ3) is 4.65. The Morgan fingerprint density at radius 3 is 2.53 bits per heavy atom. The van der Waals surface area contributed by atoms with E-state index in [1.807, 2.05) is 18.2 Å². The van der Waals surface area contributed by atoms with Crippen LogP contribution in [0.1, 0.15) is 42.5 Å². The number of alkyl halides is 3. The molecule has 1 saturated heterocycles. The molecule has 3 atom stereocenters. The second-order valence-corrected chi connectivity index (χ2v) is 8.61. The lowest BCUT2D eigenvalue weighted by molar-refractivity contribution is -0.137. The molecule has 168 valence electrons. The topological polar surface area (TPSA) is 32.3 Å². The van der Waals surface area contributed by atoms with Gasteiger partial charge in [-0.3, -0.25) is 4.79 Å². The number of halogens is 3. The van der Waals surface area contributed by atoms with Gasteiger partial charge < -0.3 is 10.2 Å². The first-order chi connectivity index (χ1) is 15.2. The third-order valence-corrected chi connectivity index (χ3v) is 6.50.